The highest BCUT2D eigenvalue weighted by atomic mass is 16.2. The van der Waals surface area contributed by atoms with E-state index in [4.69, 9.17) is 5.73 Å². The molecule has 1 aromatic carbocycles. The Morgan fingerprint density at radius 3 is 2.78 bits per heavy atom. The normalized spacial score (nSPS) is 17.9. The number of amides is 1. The van der Waals surface area contributed by atoms with E-state index in [0.717, 1.165) is 24.9 Å². The van der Waals surface area contributed by atoms with Crippen molar-refractivity contribution < 1.29 is 4.79 Å². The fourth-order valence-electron chi connectivity index (χ4n) is 2.63. The molecule has 2 rings (SSSR count). The van der Waals surface area contributed by atoms with Gasteiger partial charge in [-0.25, -0.2) is 0 Å². The number of hydrogen-bond acceptors (Lipinski definition) is 2. The molecule has 98 valence electrons. The molecule has 0 spiro atoms. The molecule has 1 aliphatic heterocycles. The number of hydrogen-bond donors (Lipinski definition) is 1. The molecule has 1 amide bonds. The summed E-state index contributed by atoms with van der Waals surface area (Å²) in [5.41, 5.74) is 9.86. The minimum absolute atomic E-state index is 0.0763. The fraction of sp³-hybridized carbons (Fsp3) is 0.533. The summed E-state index contributed by atoms with van der Waals surface area (Å²) in [4.78, 5) is 13.7. The fourth-order valence-corrected chi connectivity index (χ4v) is 2.63. The molecule has 3 nitrogen and oxygen atoms in total. The maximum atomic E-state index is 11.8. The summed E-state index contributed by atoms with van der Waals surface area (Å²) in [6.45, 7) is 5.66. The van der Waals surface area contributed by atoms with Crippen molar-refractivity contribution in [2.24, 2.45) is 5.73 Å². The van der Waals surface area contributed by atoms with E-state index in [1.165, 1.54) is 11.1 Å². The molecule has 0 aliphatic carbocycles. The predicted octanol–water partition coefficient (Wildman–Crippen LogP) is 2.32. The van der Waals surface area contributed by atoms with Gasteiger partial charge in [0.15, 0.2) is 0 Å². The highest BCUT2D eigenvalue weighted by molar-refractivity contribution is 5.76. The molecule has 1 aromatic rings. The second kappa shape index (κ2) is 5.53. The van der Waals surface area contributed by atoms with E-state index in [1.807, 2.05) is 4.90 Å². The smallest absolute Gasteiger partial charge is 0.222 e. The third-order valence-corrected chi connectivity index (χ3v) is 3.66. The van der Waals surface area contributed by atoms with Crippen molar-refractivity contribution in [3.8, 4) is 0 Å². The number of likely N-dealkylation sites (tertiary alicyclic amines) is 1. The van der Waals surface area contributed by atoms with Gasteiger partial charge in [0.2, 0.25) is 5.91 Å². The zero-order valence-electron chi connectivity index (χ0n) is 11.3. The number of nitrogens with two attached hydrogens (primary N) is 1. The topological polar surface area (TPSA) is 46.3 Å². The average Bonchev–Trinajstić information content (AvgIpc) is 2.32. The van der Waals surface area contributed by atoms with Gasteiger partial charge in [-0.2, -0.15) is 0 Å². The molecule has 0 bridgehead atoms. The van der Waals surface area contributed by atoms with Crippen LogP contribution in [0.1, 0.15) is 42.0 Å². The van der Waals surface area contributed by atoms with E-state index in [-0.39, 0.29) is 11.9 Å². The van der Waals surface area contributed by atoms with E-state index < -0.39 is 0 Å². The number of carbonyl (C=O) groups is 1. The summed E-state index contributed by atoms with van der Waals surface area (Å²) in [5.74, 6) is 0.251. The molecule has 2 N–H and O–H groups in total. The molecular formula is C15H22N2O. The average molecular weight is 246 g/mol. The lowest BCUT2D eigenvalue weighted by Gasteiger charge is -2.29. The molecule has 3 heteroatoms. The van der Waals surface area contributed by atoms with Crippen LogP contribution in [-0.2, 0) is 4.79 Å². The van der Waals surface area contributed by atoms with Gasteiger partial charge in [-0.3, -0.25) is 4.79 Å². The van der Waals surface area contributed by atoms with Crippen LogP contribution < -0.4 is 5.73 Å². The minimum atomic E-state index is -0.0763. The molecule has 0 radical (unpaired) electrons. The third kappa shape index (κ3) is 2.91. The zero-order valence-corrected chi connectivity index (χ0v) is 11.3. The standard InChI is InChI=1S/C15H22N2O/c1-11-6-7-13(12(2)9-11)14(16)10-17-8-4-3-5-15(17)18/h6-7,9,14H,3-5,8,10,16H2,1-2H3. The first-order chi connectivity index (χ1) is 8.58. The summed E-state index contributed by atoms with van der Waals surface area (Å²) < 4.78 is 0. The Morgan fingerprint density at radius 2 is 2.11 bits per heavy atom. The Hall–Kier alpha value is -1.35. The van der Waals surface area contributed by atoms with Crippen molar-refractivity contribution in [2.45, 2.75) is 39.2 Å². The third-order valence-electron chi connectivity index (χ3n) is 3.66. The van der Waals surface area contributed by atoms with Crippen molar-refractivity contribution in [1.29, 1.82) is 0 Å². The van der Waals surface area contributed by atoms with Gasteiger partial charge in [-0.15, -0.1) is 0 Å². The minimum Gasteiger partial charge on any atom is -0.341 e. The van der Waals surface area contributed by atoms with Gasteiger partial charge in [-0.1, -0.05) is 23.8 Å². The highest BCUT2D eigenvalue weighted by Crippen LogP contribution is 2.20. The van der Waals surface area contributed by atoms with Crippen LogP contribution >= 0.6 is 0 Å². The molecule has 1 aliphatic rings. The van der Waals surface area contributed by atoms with E-state index in [2.05, 4.69) is 32.0 Å². The first-order valence-electron chi connectivity index (χ1n) is 6.68. The van der Waals surface area contributed by atoms with Crippen LogP contribution in [0.2, 0.25) is 0 Å². The number of piperidine rings is 1. The number of aryl methyl sites for hydroxylation is 2. The Bertz CT molecular complexity index is 442. The first kappa shape index (κ1) is 13.1. The van der Waals surface area contributed by atoms with Gasteiger partial charge in [0, 0.05) is 25.6 Å². The molecular weight excluding hydrogens is 224 g/mol. The van der Waals surface area contributed by atoms with Crippen LogP contribution in [-0.4, -0.2) is 23.9 Å². The van der Waals surface area contributed by atoms with Crippen molar-refractivity contribution in [2.75, 3.05) is 13.1 Å². The molecule has 1 heterocycles. The summed E-state index contributed by atoms with van der Waals surface area (Å²) in [6.07, 6.45) is 2.80. The number of rotatable bonds is 3. The summed E-state index contributed by atoms with van der Waals surface area (Å²) in [7, 11) is 0. The lowest BCUT2D eigenvalue weighted by molar-refractivity contribution is -0.133. The van der Waals surface area contributed by atoms with E-state index in [0.29, 0.717) is 13.0 Å². The van der Waals surface area contributed by atoms with Crippen LogP contribution in [0.3, 0.4) is 0 Å². The largest absolute Gasteiger partial charge is 0.341 e. The second-order valence-electron chi connectivity index (χ2n) is 5.26. The summed E-state index contributed by atoms with van der Waals surface area (Å²) in [5, 5.41) is 0. The molecule has 18 heavy (non-hydrogen) atoms. The van der Waals surface area contributed by atoms with Crippen LogP contribution in [0, 0.1) is 13.8 Å². The molecule has 1 saturated heterocycles. The van der Waals surface area contributed by atoms with Crippen molar-refractivity contribution in [3.05, 3.63) is 34.9 Å². The molecule has 1 unspecified atom stereocenters. The van der Waals surface area contributed by atoms with Crippen LogP contribution in [0.5, 0.6) is 0 Å². The van der Waals surface area contributed by atoms with Gasteiger partial charge in [0.1, 0.15) is 0 Å². The Kier molecular flexibility index (Phi) is 4.02. The van der Waals surface area contributed by atoms with Gasteiger partial charge in [0.25, 0.3) is 0 Å². The van der Waals surface area contributed by atoms with Crippen molar-refractivity contribution in [1.82, 2.24) is 4.90 Å². The van der Waals surface area contributed by atoms with Crippen molar-refractivity contribution >= 4 is 5.91 Å². The molecule has 0 aromatic heterocycles. The summed E-state index contributed by atoms with van der Waals surface area (Å²) in [6, 6.07) is 6.24. The monoisotopic (exact) mass is 246 g/mol. The van der Waals surface area contributed by atoms with Gasteiger partial charge in [-0.05, 0) is 37.8 Å². The zero-order chi connectivity index (χ0) is 13.1. The lowest BCUT2D eigenvalue weighted by Crippen LogP contribution is -2.40. The molecule has 0 saturated carbocycles. The van der Waals surface area contributed by atoms with Crippen molar-refractivity contribution in [3.63, 3.8) is 0 Å². The first-order valence-corrected chi connectivity index (χ1v) is 6.68. The Labute approximate surface area is 109 Å². The van der Waals surface area contributed by atoms with E-state index in [1.54, 1.807) is 0 Å². The van der Waals surface area contributed by atoms with Gasteiger partial charge in [0.05, 0.1) is 0 Å². The Morgan fingerprint density at radius 1 is 1.33 bits per heavy atom. The van der Waals surface area contributed by atoms with Crippen LogP contribution in [0.4, 0.5) is 0 Å². The van der Waals surface area contributed by atoms with Gasteiger partial charge >= 0.3 is 0 Å². The quantitative estimate of drug-likeness (QED) is 0.889. The number of nitrogens with zero attached hydrogens (tertiary/aromatic N) is 1. The Balaban J connectivity index is 2.06. The van der Waals surface area contributed by atoms with Crippen LogP contribution in [0.25, 0.3) is 0 Å². The summed E-state index contributed by atoms with van der Waals surface area (Å²) >= 11 is 0. The predicted molar refractivity (Wildman–Crippen MR) is 73.3 cm³/mol. The second-order valence-corrected chi connectivity index (χ2v) is 5.26. The molecule has 1 fully saturated rings. The van der Waals surface area contributed by atoms with E-state index in [9.17, 15) is 4.79 Å². The van der Waals surface area contributed by atoms with Gasteiger partial charge < -0.3 is 10.6 Å². The van der Waals surface area contributed by atoms with E-state index >= 15 is 0 Å². The number of benzene rings is 1. The van der Waals surface area contributed by atoms with Crippen LogP contribution in [0.15, 0.2) is 18.2 Å². The SMILES string of the molecule is Cc1ccc(C(N)CN2CCCCC2=O)c(C)c1. The number of carbonyl (C=O) groups excluding carboxylic acids is 1. The maximum absolute atomic E-state index is 11.8. The maximum Gasteiger partial charge on any atom is 0.222 e. The molecule has 1 atom stereocenters. The lowest BCUT2D eigenvalue weighted by atomic mass is 9.98. The highest BCUT2D eigenvalue weighted by Gasteiger charge is 2.21.